The normalized spacial score (nSPS) is 19.8. The van der Waals surface area contributed by atoms with Crippen LogP contribution in [0.5, 0.6) is 0 Å². The minimum absolute atomic E-state index is 0.525. The van der Waals surface area contributed by atoms with Crippen molar-refractivity contribution in [3.05, 3.63) is 42.2 Å². The molecule has 1 aliphatic rings. The van der Waals surface area contributed by atoms with Gasteiger partial charge in [0, 0.05) is 18.4 Å². The standard InChI is InChI=1S/C15H20N4/c1-12-10-19(14-8-9-18(2)11-14)15(16-12)17-13-6-4-3-5-7-13/h3-7,10,14H,8-9,11H2,1-2H3,(H,16,17). The fraction of sp³-hybridized carbons (Fsp3) is 0.400. The van der Waals surface area contributed by atoms with Crippen LogP contribution in [0.3, 0.4) is 0 Å². The second-order valence-electron chi connectivity index (χ2n) is 5.31. The van der Waals surface area contributed by atoms with Crippen molar-refractivity contribution in [2.45, 2.75) is 19.4 Å². The van der Waals surface area contributed by atoms with Crippen molar-refractivity contribution < 1.29 is 0 Å². The summed E-state index contributed by atoms with van der Waals surface area (Å²) in [5.74, 6) is 0.948. The maximum Gasteiger partial charge on any atom is 0.207 e. The van der Waals surface area contributed by atoms with Crippen molar-refractivity contribution in [1.82, 2.24) is 14.5 Å². The zero-order valence-electron chi connectivity index (χ0n) is 11.5. The molecule has 1 aliphatic heterocycles. The van der Waals surface area contributed by atoms with Crippen LogP contribution in [-0.2, 0) is 0 Å². The van der Waals surface area contributed by atoms with Gasteiger partial charge in [0.2, 0.25) is 5.95 Å². The van der Waals surface area contributed by atoms with E-state index in [9.17, 15) is 0 Å². The predicted molar refractivity (Wildman–Crippen MR) is 77.8 cm³/mol. The number of nitrogens with zero attached hydrogens (tertiary/aromatic N) is 3. The first-order valence-electron chi connectivity index (χ1n) is 6.78. The van der Waals surface area contributed by atoms with E-state index in [4.69, 9.17) is 0 Å². The number of likely N-dealkylation sites (tertiary alicyclic amines) is 1. The average Bonchev–Trinajstić information content (AvgIpc) is 2.97. The Kier molecular flexibility index (Phi) is 3.25. The van der Waals surface area contributed by atoms with E-state index in [1.165, 1.54) is 6.42 Å². The smallest absolute Gasteiger partial charge is 0.207 e. The predicted octanol–water partition coefficient (Wildman–Crippen LogP) is 2.81. The van der Waals surface area contributed by atoms with Gasteiger partial charge < -0.3 is 14.8 Å². The van der Waals surface area contributed by atoms with Crippen LogP contribution in [-0.4, -0.2) is 34.6 Å². The number of likely N-dealkylation sites (N-methyl/N-ethyl adjacent to an activating group) is 1. The molecule has 19 heavy (non-hydrogen) atoms. The summed E-state index contributed by atoms with van der Waals surface area (Å²) in [4.78, 5) is 6.98. The first kappa shape index (κ1) is 12.2. The Labute approximate surface area is 114 Å². The summed E-state index contributed by atoms with van der Waals surface area (Å²) in [7, 11) is 2.17. The zero-order valence-corrected chi connectivity index (χ0v) is 11.5. The number of imidazole rings is 1. The van der Waals surface area contributed by atoms with Crippen LogP contribution in [0, 0.1) is 6.92 Å². The monoisotopic (exact) mass is 256 g/mol. The summed E-state index contributed by atoms with van der Waals surface area (Å²) in [5.41, 5.74) is 2.15. The molecule has 1 aromatic heterocycles. The molecule has 0 saturated carbocycles. The summed E-state index contributed by atoms with van der Waals surface area (Å²) in [6.07, 6.45) is 3.34. The van der Waals surface area contributed by atoms with Crippen LogP contribution < -0.4 is 5.32 Å². The minimum atomic E-state index is 0.525. The molecule has 3 rings (SSSR count). The van der Waals surface area contributed by atoms with Gasteiger partial charge in [-0.05, 0) is 39.1 Å². The molecule has 0 aliphatic carbocycles. The van der Waals surface area contributed by atoms with E-state index in [1.54, 1.807) is 0 Å². The molecule has 1 N–H and O–H groups in total. The van der Waals surface area contributed by atoms with E-state index < -0.39 is 0 Å². The maximum absolute atomic E-state index is 4.61. The molecular weight excluding hydrogens is 236 g/mol. The molecule has 1 atom stereocenters. The molecule has 0 bridgehead atoms. The topological polar surface area (TPSA) is 33.1 Å². The molecule has 0 radical (unpaired) electrons. The number of anilines is 2. The van der Waals surface area contributed by atoms with Crippen molar-refractivity contribution in [3.63, 3.8) is 0 Å². The van der Waals surface area contributed by atoms with Gasteiger partial charge in [0.15, 0.2) is 0 Å². The van der Waals surface area contributed by atoms with Crippen LogP contribution in [0.25, 0.3) is 0 Å². The third-order valence-electron chi connectivity index (χ3n) is 3.64. The van der Waals surface area contributed by atoms with Gasteiger partial charge in [-0.25, -0.2) is 4.98 Å². The second kappa shape index (κ2) is 5.05. The highest BCUT2D eigenvalue weighted by Gasteiger charge is 2.23. The van der Waals surface area contributed by atoms with Crippen molar-refractivity contribution in [3.8, 4) is 0 Å². The van der Waals surface area contributed by atoms with Gasteiger partial charge in [-0.15, -0.1) is 0 Å². The molecular formula is C15H20N4. The Bertz CT molecular complexity index is 547. The average molecular weight is 256 g/mol. The molecule has 2 aromatic rings. The highest BCUT2D eigenvalue weighted by Crippen LogP contribution is 2.26. The first-order valence-corrected chi connectivity index (χ1v) is 6.78. The minimum Gasteiger partial charge on any atom is -0.326 e. The molecule has 0 spiro atoms. The van der Waals surface area contributed by atoms with Gasteiger partial charge in [0.25, 0.3) is 0 Å². The van der Waals surface area contributed by atoms with Crippen LogP contribution in [0.1, 0.15) is 18.2 Å². The Morgan fingerprint density at radius 2 is 2.05 bits per heavy atom. The number of para-hydroxylation sites is 1. The Balaban J connectivity index is 1.85. The third kappa shape index (κ3) is 2.63. The quantitative estimate of drug-likeness (QED) is 0.916. The van der Waals surface area contributed by atoms with Crippen molar-refractivity contribution in [1.29, 1.82) is 0 Å². The number of aryl methyl sites for hydroxylation is 1. The lowest BCUT2D eigenvalue weighted by atomic mass is 10.2. The number of hydrogen-bond donors (Lipinski definition) is 1. The molecule has 1 unspecified atom stereocenters. The van der Waals surface area contributed by atoms with E-state index in [0.29, 0.717) is 6.04 Å². The molecule has 1 aromatic carbocycles. The fourth-order valence-corrected chi connectivity index (χ4v) is 2.68. The summed E-state index contributed by atoms with van der Waals surface area (Å²) in [6, 6.07) is 10.7. The van der Waals surface area contributed by atoms with E-state index in [0.717, 1.165) is 30.4 Å². The van der Waals surface area contributed by atoms with E-state index in [-0.39, 0.29) is 0 Å². The molecule has 1 saturated heterocycles. The number of nitrogens with one attached hydrogen (secondary N) is 1. The fourth-order valence-electron chi connectivity index (χ4n) is 2.68. The van der Waals surface area contributed by atoms with Gasteiger partial charge in [0.05, 0.1) is 11.7 Å². The lowest BCUT2D eigenvalue weighted by Gasteiger charge is -2.16. The van der Waals surface area contributed by atoms with E-state index in [1.807, 2.05) is 25.1 Å². The SMILES string of the molecule is Cc1cn(C2CCN(C)C2)c(Nc2ccccc2)n1. The zero-order chi connectivity index (χ0) is 13.2. The summed E-state index contributed by atoms with van der Waals surface area (Å²) in [5, 5.41) is 3.42. The lowest BCUT2D eigenvalue weighted by Crippen LogP contribution is -2.17. The molecule has 2 heterocycles. The Hall–Kier alpha value is -1.81. The van der Waals surface area contributed by atoms with Crippen molar-refractivity contribution in [2.24, 2.45) is 0 Å². The number of rotatable bonds is 3. The van der Waals surface area contributed by atoms with Crippen LogP contribution >= 0.6 is 0 Å². The molecule has 4 heteroatoms. The summed E-state index contributed by atoms with van der Waals surface area (Å²) in [6.45, 7) is 4.30. The number of aromatic nitrogens is 2. The van der Waals surface area contributed by atoms with Gasteiger partial charge >= 0.3 is 0 Å². The van der Waals surface area contributed by atoms with Crippen LogP contribution in [0.2, 0.25) is 0 Å². The number of hydrogen-bond acceptors (Lipinski definition) is 3. The lowest BCUT2D eigenvalue weighted by molar-refractivity contribution is 0.393. The van der Waals surface area contributed by atoms with Gasteiger partial charge in [-0.2, -0.15) is 0 Å². The Morgan fingerprint density at radius 3 is 2.74 bits per heavy atom. The Morgan fingerprint density at radius 1 is 1.26 bits per heavy atom. The maximum atomic E-state index is 4.61. The molecule has 0 amide bonds. The highest BCUT2D eigenvalue weighted by molar-refractivity contribution is 5.53. The number of benzene rings is 1. The highest BCUT2D eigenvalue weighted by atomic mass is 15.3. The van der Waals surface area contributed by atoms with Gasteiger partial charge in [0.1, 0.15) is 0 Å². The first-order chi connectivity index (χ1) is 9.22. The summed E-state index contributed by atoms with van der Waals surface area (Å²) < 4.78 is 2.28. The molecule has 4 nitrogen and oxygen atoms in total. The van der Waals surface area contributed by atoms with Crippen LogP contribution in [0.15, 0.2) is 36.5 Å². The second-order valence-corrected chi connectivity index (χ2v) is 5.31. The molecule has 100 valence electrons. The van der Waals surface area contributed by atoms with Crippen molar-refractivity contribution in [2.75, 3.05) is 25.5 Å². The van der Waals surface area contributed by atoms with Crippen LogP contribution in [0.4, 0.5) is 11.6 Å². The summed E-state index contributed by atoms with van der Waals surface area (Å²) >= 11 is 0. The third-order valence-corrected chi connectivity index (χ3v) is 3.64. The van der Waals surface area contributed by atoms with Gasteiger partial charge in [-0.3, -0.25) is 0 Å². The van der Waals surface area contributed by atoms with Crippen molar-refractivity contribution >= 4 is 11.6 Å². The van der Waals surface area contributed by atoms with E-state index >= 15 is 0 Å². The van der Waals surface area contributed by atoms with Gasteiger partial charge in [-0.1, -0.05) is 18.2 Å². The largest absolute Gasteiger partial charge is 0.326 e. The van der Waals surface area contributed by atoms with E-state index in [2.05, 4.69) is 45.1 Å². The molecule has 1 fully saturated rings.